The summed E-state index contributed by atoms with van der Waals surface area (Å²) < 4.78 is 1.11. The highest BCUT2D eigenvalue weighted by Crippen LogP contribution is 2.33. The Balaban J connectivity index is 2.21. The average molecular weight is 311 g/mol. The predicted octanol–water partition coefficient (Wildman–Crippen LogP) is 3.92. The number of nitrogens with two attached hydrogens (primary N) is 1. The molecule has 0 aliphatic carbocycles. The predicted molar refractivity (Wildman–Crippen MR) is 81.9 cm³/mol. The van der Waals surface area contributed by atoms with E-state index in [0.29, 0.717) is 12.0 Å². The summed E-state index contributed by atoms with van der Waals surface area (Å²) >= 11 is 3.52. The molecule has 0 saturated carbocycles. The minimum atomic E-state index is 0.479. The van der Waals surface area contributed by atoms with E-state index in [1.54, 1.807) is 0 Å². The molecule has 0 amide bonds. The van der Waals surface area contributed by atoms with Crippen LogP contribution in [0.3, 0.4) is 0 Å². The molecule has 1 fully saturated rings. The second-order valence-corrected chi connectivity index (χ2v) is 6.90. The van der Waals surface area contributed by atoms with Gasteiger partial charge in [-0.2, -0.15) is 0 Å². The third-order valence-corrected chi connectivity index (χ3v) is 4.44. The van der Waals surface area contributed by atoms with E-state index in [1.165, 1.54) is 30.5 Å². The summed E-state index contributed by atoms with van der Waals surface area (Å²) in [5.74, 6) is 0. The van der Waals surface area contributed by atoms with E-state index in [9.17, 15) is 0 Å². The molecule has 0 bridgehead atoms. The molecule has 100 valence electrons. The molecule has 1 heterocycles. The normalized spacial score (nSPS) is 19.7. The van der Waals surface area contributed by atoms with Crippen LogP contribution in [0.1, 0.15) is 38.7 Å². The van der Waals surface area contributed by atoms with Gasteiger partial charge in [-0.1, -0.05) is 29.8 Å². The van der Waals surface area contributed by atoms with Crippen LogP contribution < -0.4 is 10.6 Å². The standard InChI is InChI=1S/C15H23BrN2/c1-15(2)6-3-8-18(9-7-15)14-5-4-13(16)10-12(14)11-17/h4-5,10H,3,6-9,11,17H2,1-2H3. The molecule has 0 unspecified atom stereocenters. The minimum absolute atomic E-state index is 0.479. The fraction of sp³-hybridized carbons (Fsp3) is 0.600. The van der Waals surface area contributed by atoms with Crippen LogP contribution >= 0.6 is 15.9 Å². The van der Waals surface area contributed by atoms with Gasteiger partial charge in [-0.15, -0.1) is 0 Å². The zero-order chi connectivity index (χ0) is 13.2. The van der Waals surface area contributed by atoms with E-state index < -0.39 is 0 Å². The fourth-order valence-corrected chi connectivity index (χ4v) is 3.10. The van der Waals surface area contributed by atoms with Crippen molar-refractivity contribution in [3.63, 3.8) is 0 Å². The lowest BCUT2D eigenvalue weighted by Gasteiger charge is -2.26. The Morgan fingerprint density at radius 2 is 2.06 bits per heavy atom. The molecule has 0 spiro atoms. The summed E-state index contributed by atoms with van der Waals surface area (Å²) in [7, 11) is 0. The summed E-state index contributed by atoms with van der Waals surface area (Å²) in [5.41, 5.74) is 8.91. The lowest BCUT2D eigenvalue weighted by Crippen LogP contribution is -2.26. The van der Waals surface area contributed by atoms with Crippen LogP contribution in [-0.4, -0.2) is 13.1 Å². The van der Waals surface area contributed by atoms with Crippen molar-refractivity contribution >= 4 is 21.6 Å². The third kappa shape index (κ3) is 3.27. The highest BCUT2D eigenvalue weighted by atomic mass is 79.9. The summed E-state index contributed by atoms with van der Waals surface area (Å²) in [6.45, 7) is 7.65. The summed E-state index contributed by atoms with van der Waals surface area (Å²) in [4.78, 5) is 2.50. The van der Waals surface area contributed by atoms with Gasteiger partial charge in [0.15, 0.2) is 0 Å². The quantitative estimate of drug-likeness (QED) is 0.897. The number of nitrogens with zero attached hydrogens (tertiary/aromatic N) is 1. The number of hydrogen-bond donors (Lipinski definition) is 1. The highest BCUT2D eigenvalue weighted by molar-refractivity contribution is 9.10. The Morgan fingerprint density at radius 3 is 2.78 bits per heavy atom. The monoisotopic (exact) mass is 310 g/mol. The van der Waals surface area contributed by atoms with Crippen molar-refractivity contribution < 1.29 is 0 Å². The molecule has 2 N–H and O–H groups in total. The Labute approximate surface area is 119 Å². The molecule has 2 rings (SSSR count). The molecule has 1 aromatic rings. The van der Waals surface area contributed by atoms with E-state index >= 15 is 0 Å². The lowest BCUT2D eigenvalue weighted by atomic mass is 9.85. The van der Waals surface area contributed by atoms with Gasteiger partial charge in [0, 0.05) is 29.8 Å². The van der Waals surface area contributed by atoms with Crippen molar-refractivity contribution in [2.75, 3.05) is 18.0 Å². The van der Waals surface area contributed by atoms with Crippen LogP contribution in [0.2, 0.25) is 0 Å². The third-order valence-electron chi connectivity index (χ3n) is 3.94. The first-order valence-electron chi connectivity index (χ1n) is 6.75. The zero-order valence-electron chi connectivity index (χ0n) is 11.4. The van der Waals surface area contributed by atoms with E-state index in [0.717, 1.165) is 17.6 Å². The first-order chi connectivity index (χ1) is 8.52. The number of anilines is 1. The smallest absolute Gasteiger partial charge is 0.0412 e. The molecule has 2 nitrogen and oxygen atoms in total. The maximum absolute atomic E-state index is 5.87. The van der Waals surface area contributed by atoms with E-state index in [4.69, 9.17) is 5.73 Å². The molecule has 18 heavy (non-hydrogen) atoms. The number of halogens is 1. The fourth-order valence-electron chi connectivity index (χ4n) is 2.69. The van der Waals surface area contributed by atoms with Crippen LogP contribution in [0.4, 0.5) is 5.69 Å². The van der Waals surface area contributed by atoms with Crippen LogP contribution in [0.25, 0.3) is 0 Å². The molecule has 0 radical (unpaired) electrons. The van der Waals surface area contributed by atoms with E-state index in [-0.39, 0.29) is 0 Å². The number of benzene rings is 1. The van der Waals surface area contributed by atoms with Gasteiger partial charge in [0.25, 0.3) is 0 Å². The molecule has 1 aromatic carbocycles. The van der Waals surface area contributed by atoms with Crippen molar-refractivity contribution in [3.8, 4) is 0 Å². The zero-order valence-corrected chi connectivity index (χ0v) is 13.0. The molecule has 1 aliphatic rings. The molecule has 1 aliphatic heterocycles. The van der Waals surface area contributed by atoms with Crippen LogP contribution in [0.5, 0.6) is 0 Å². The Bertz CT molecular complexity index is 415. The van der Waals surface area contributed by atoms with E-state index in [1.807, 2.05) is 0 Å². The Kier molecular flexibility index (Phi) is 4.33. The Morgan fingerprint density at radius 1 is 1.28 bits per heavy atom. The van der Waals surface area contributed by atoms with Crippen molar-refractivity contribution in [2.45, 2.75) is 39.7 Å². The summed E-state index contributed by atoms with van der Waals surface area (Å²) in [5, 5.41) is 0. The van der Waals surface area contributed by atoms with Crippen LogP contribution in [0.15, 0.2) is 22.7 Å². The number of hydrogen-bond acceptors (Lipinski definition) is 2. The molecule has 3 heteroatoms. The first kappa shape index (κ1) is 13.9. The van der Waals surface area contributed by atoms with Gasteiger partial charge < -0.3 is 10.6 Å². The second kappa shape index (κ2) is 5.62. The minimum Gasteiger partial charge on any atom is -0.371 e. The van der Waals surface area contributed by atoms with Gasteiger partial charge in [0.05, 0.1) is 0 Å². The van der Waals surface area contributed by atoms with Crippen LogP contribution in [-0.2, 0) is 6.54 Å². The second-order valence-electron chi connectivity index (χ2n) is 5.98. The van der Waals surface area contributed by atoms with Crippen molar-refractivity contribution in [1.82, 2.24) is 0 Å². The van der Waals surface area contributed by atoms with Crippen LogP contribution in [0, 0.1) is 5.41 Å². The maximum Gasteiger partial charge on any atom is 0.0412 e. The molecule has 1 saturated heterocycles. The van der Waals surface area contributed by atoms with Crippen molar-refractivity contribution in [1.29, 1.82) is 0 Å². The SMILES string of the molecule is CC1(C)CCCN(c2ccc(Br)cc2CN)CC1. The van der Waals surface area contributed by atoms with Gasteiger partial charge in [-0.05, 0) is 48.4 Å². The molecule has 0 atom stereocenters. The topological polar surface area (TPSA) is 29.3 Å². The first-order valence-corrected chi connectivity index (χ1v) is 7.54. The highest BCUT2D eigenvalue weighted by Gasteiger charge is 2.23. The van der Waals surface area contributed by atoms with Gasteiger partial charge in [0.2, 0.25) is 0 Å². The van der Waals surface area contributed by atoms with Gasteiger partial charge in [-0.25, -0.2) is 0 Å². The summed E-state index contributed by atoms with van der Waals surface area (Å²) in [6.07, 6.45) is 3.85. The Hall–Kier alpha value is -0.540. The number of rotatable bonds is 2. The van der Waals surface area contributed by atoms with Crippen molar-refractivity contribution in [2.24, 2.45) is 11.1 Å². The lowest BCUT2D eigenvalue weighted by molar-refractivity contribution is 0.325. The van der Waals surface area contributed by atoms with E-state index in [2.05, 4.69) is 52.9 Å². The summed E-state index contributed by atoms with van der Waals surface area (Å²) in [6, 6.07) is 6.46. The largest absolute Gasteiger partial charge is 0.371 e. The molecule has 0 aromatic heterocycles. The molecular formula is C15H23BrN2. The van der Waals surface area contributed by atoms with Crippen molar-refractivity contribution in [3.05, 3.63) is 28.2 Å². The van der Waals surface area contributed by atoms with Gasteiger partial charge in [0.1, 0.15) is 0 Å². The maximum atomic E-state index is 5.87. The average Bonchev–Trinajstić information content (AvgIpc) is 2.50. The van der Waals surface area contributed by atoms with Gasteiger partial charge in [-0.3, -0.25) is 0 Å². The molecular weight excluding hydrogens is 288 g/mol. The van der Waals surface area contributed by atoms with Gasteiger partial charge >= 0.3 is 0 Å².